The number of anilines is 1. The fourth-order valence-electron chi connectivity index (χ4n) is 1.35. The van der Waals surface area contributed by atoms with Gasteiger partial charge in [-0.15, -0.1) is 0 Å². The average Bonchev–Trinajstić information content (AvgIpc) is 2.42. The number of hydrogen-bond acceptors (Lipinski definition) is 5. The van der Waals surface area contributed by atoms with Crippen LogP contribution in [0.5, 0.6) is 0 Å². The van der Waals surface area contributed by atoms with E-state index < -0.39 is 4.92 Å². The van der Waals surface area contributed by atoms with Gasteiger partial charge in [-0.2, -0.15) is 5.10 Å². The second kappa shape index (κ2) is 6.31. The first kappa shape index (κ1) is 14.2. The average molecular weight is 311 g/mol. The number of nitrogens with zero attached hydrogens (tertiary/aromatic N) is 3. The molecule has 0 fully saturated rings. The lowest BCUT2D eigenvalue weighted by Crippen LogP contribution is -1.94. The summed E-state index contributed by atoms with van der Waals surface area (Å²) in [5.41, 5.74) is 3.39. The summed E-state index contributed by atoms with van der Waals surface area (Å²) in [4.78, 5) is 14.0. The monoisotopic (exact) mass is 310 g/mol. The number of nitrogens with one attached hydrogen (secondary N) is 1. The molecule has 0 unspecified atom stereocenters. The maximum atomic E-state index is 10.5. The fourth-order valence-corrected chi connectivity index (χ4v) is 1.77. The van der Waals surface area contributed by atoms with Crippen LogP contribution in [0, 0.1) is 10.1 Å². The highest BCUT2D eigenvalue weighted by atomic mass is 35.5. The highest BCUT2D eigenvalue weighted by Gasteiger charge is 2.03. The molecule has 0 aliphatic heterocycles. The standard InChI is InChI=1S/C12H8Cl2N4O2/c13-9-5-11(14)12(15-7-9)17-16-6-8-1-3-10(4-2-8)18(19)20/h1-7H,(H,15,17). The van der Waals surface area contributed by atoms with Crippen LogP contribution in [0.15, 0.2) is 41.6 Å². The molecule has 8 heteroatoms. The molecular formula is C12H8Cl2N4O2. The second-order valence-corrected chi connectivity index (χ2v) is 4.55. The molecule has 1 N–H and O–H groups in total. The first-order valence-electron chi connectivity index (χ1n) is 5.41. The van der Waals surface area contributed by atoms with Crippen molar-refractivity contribution in [1.82, 2.24) is 4.98 Å². The summed E-state index contributed by atoms with van der Waals surface area (Å²) in [6, 6.07) is 7.50. The van der Waals surface area contributed by atoms with Crippen molar-refractivity contribution < 1.29 is 4.92 Å². The summed E-state index contributed by atoms with van der Waals surface area (Å²) in [5.74, 6) is 0.370. The van der Waals surface area contributed by atoms with Crippen LogP contribution in [0.2, 0.25) is 10.0 Å². The summed E-state index contributed by atoms with van der Waals surface area (Å²) in [6.45, 7) is 0. The van der Waals surface area contributed by atoms with Crippen LogP contribution in [0.25, 0.3) is 0 Å². The number of non-ortho nitro benzene ring substituents is 1. The quantitative estimate of drug-likeness (QED) is 0.530. The zero-order valence-corrected chi connectivity index (χ0v) is 11.5. The molecule has 2 rings (SSSR count). The topological polar surface area (TPSA) is 80.4 Å². The number of halogens is 2. The maximum absolute atomic E-state index is 10.5. The van der Waals surface area contributed by atoms with E-state index in [1.54, 1.807) is 18.2 Å². The van der Waals surface area contributed by atoms with Crippen LogP contribution < -0.4 is 5.43 Å². The van der Waals surface area contributed by atoms with Gasteiger partial charge in [0.25, 0.3) is 5.69 Å². The SMILES string of the molecule is O=[N+]([O-])c1ccc(C=NNc2ncc(Cl)cc2Cl)cc1. The largest absolute Gasteiger partial charge is 0.269 e. The van der Waals surface area contributed by atoms with E-state index in [1.807, 2.05) is 0 Å². The Labute approximate surface area is 124 Å². The fraction of sp³-hybridized carbons (Fsp3) is 0. The molecule has 1 aromatic heterocycles. The van der Waals surface area contributed by atoms with Crippen molar-refractivity contribution in [3.05, 3.63) is 62.3 Å². The molecule has 20 heavy (non-hydrogen) atoms. The lowest BCUT2D eigenvalue weighted by molar-refractivity contribution is -0.384. The van der Waals surface area contributed by atoms with Gasteiger partial charge in [-0.1, -0.05) is 23.2 Å². The van der Waals surface area contributed by atoms with Crippen LogP contribution in [0.3, 0.4) is 0 Å². The number of hydrogen-bond donors (Lipinski definition) is 1. The zero-order valence-electron chi connectivity index (χ0n) is 9.96. The first-order chi connectivity index (χ1) is 9.56. The Balaban J connectivity index is 2.04. The molecule has 2 aromatic rings. The van der Waals surface area contributed by atoms with Gasteiger partial charge in [0, 0.05) is 18.3 Å². The molecule has 0 spiro atoms. The van der Waals surface area contributed by atoms with E-state index in [4.69, 9.17) is 23.2 Å². The minimum absolute atomic E-state index is 0.0255. The van der Waals surface area contributed by atoms with Gasteiger partial charge in [-0.05, 0) is 23.8 Å². The predicted molar refractivity (Wildman–Crippen MR) is 78.6 cm³/mol. The number of benzene rings is 1. The lowest BCUT2D eigenvalue weighted by atomic mass is 10.2. The van der Waals surface area contributed by atoms with Gasteiger partial charge in [0.2, 0.25) is 0 Å². The number of nitro benzene ring substituents is 1. The van der Waals surface area contributed by atoms with Gasteiger partial charge in [-0.25, -0.2) is 4.98 Å². The Kier molecular flexibility index (Phi) is 4.49. The van der Waals surface area contributed by atoms with Crippen LogP contribution in [0.4, 0.5) is 11.5 Å². The third kappa shape index (κ3) is 3.66. The Morgan fingerprint density at radius 1 is 1.30 bits per heavy atom. The van der Waals surface area contributed by atoms with Crippen LogP contribution in [-0.2, 0) is 0 Å². The highest BCUT2D eigenvalue weighted by Crippen LogP contribution is 2.22. The van der Waals surface area contributed by atoms with E-state index in [-0.39, 0.29) is 5.69 Å². The summed E-state index contributed by atoms with van der Waals surface area (Å²) < 4.78 is 0. The molecule has 6 nitrogen and oxygen atoms in total. The molecule has 0 bridgehead atoms. The number of nitro groups is 1. The molecular weight excluding hydrogens is 303 g/mol. The molecule has 0 radical (unpaired) electrons. The summed E-state index contributed by atoms with van der Waals surface area (Å²) in [6.07, 6.45) is 2.94. The van der Waals surface area contributed by atoms with Crippen molar-refractivity contribution in [3.8, 4) is 0 Å². The normalized spacial score (nSPS) is 10.7. The van der Waals surface area contributed by atoms with Crippen molar-refractivity contribution in [1.29, 1.82) is 0 Å². The molecule has 0 amide bonds. The first-order valence-corrected chi connectivity index (χ1v) is 6.16. The summed E-state index contributed by atoms with van der Waals surface area (Å²) in [7, 11) is 0. The number of rotatable bonds is 4. The highest BCUT2D eigenvalue weighted by molar-refractivity contribution is 6.35. The molecule has 0 aliphatic carbocycles. The van der Waals surface area contributed by atoms with Gasteiger partial charge < -0.3 is 0 Å². The Morgan fingerprint density at radius 2 is 2.00 bits per heavy atom. The number of pyridine rings is 1. The Morgan fingerprint density at radius 3 is 2.60 bits per heavy atom. The van der Waals surface area contributed by atoms with E-state index in [1.165, 1.54) is 24.5 Å². The Hall–Kier alpha value is -2.18. The molecule has 0 saturated carbocycles. The van der Waals surface area contributed by atoms with Crippen molar-refractivity contribution in [2.45, 2.75) is 0 Å². The van der Waals surface area contributed by atoms with Crippen LogP contribution >= 0.6 is 23.2 Å². The number of hydrazone groups is 1. The zero-order chi connectivity index (χ0) is 14.5. The lowest BCUT2D eigenvalue weighted by Gasteiger charge is -2.01. The molecule has 0 saturated heterocycles. The van der Waals surface area contributed by atoms with E-state index in [2.05, 4.69) is 15.5 Å². The third-order valence-electron chi connectivity index (χ3n) is 2.30. The van der Waals surface area contributed by atoms with E-state index in [9.17, 15) is 10.1 Å². The van der Waals surface area contributed by atoms with Gasteiger partial charge in [0.05, 0.1) is 21.2 Å². The minimum Gasteiger partial charge on any atom is -0.260 e. The summed E-state index contributed by atoms with van der Waals surface area (Å²) in [5, 5.41) is 15.2. The van der Waals surface area contributed by atoms with Crippen LogP contribution in [0.1, 0.15) is 5.56 Å². The predicted octanol–water partition coefficient (Wildman–Crippen LogP) is 3.74. The van der Waals surface area contributed by atoms with Gasteiger partial charge in [0.15, 0.2) is 5.82 Å². The van der Waals surface area contributed by atoms with Gasteiger partial charge in [0.1, 0.15) is 0 Å². The van der Waals surface area contributed by atoms with Crippen molar-refractivity contribution in [2.75, 3.05) is 5.43 Å². The number of aromatic nitrogens is 1. The molecule has 0 atom stereocenters. The Bertz CT molecular complexity index is 659. The van der Waals surface area contributed by atoms with Crippen molar-refractivity contribution in [3.63, 3.8) is 0 Å². The van der Waals surface area contributed by atoms with Crippen LogP contribution in [-0.4, -0.2) is 16.1 Å². The third-order valence-corrected chi connectivity index (χ3v) is 2.79. The molecule has 102 valence electrons. The van der Waals surface area contributed by atoms with Crippen molar-refractivity contribution in [2.24, 2.45) is 5.10 Å². The van der Waals surface area contributed by atoms with E-state index in [0.29, 0.717) is 21.4 Å². The van der Waals surface area contributed by atoms with Crippen molar-refractivity contribution >= 4 is 40.9 Å². The smallest absolute Gasteiger partial charge is 0.260 e. The minimum atomic E-state index is -0.462. The second-order valence-electron chi connectivity index (χ2n) is 3.70. The van der Waals surface area contributed by atoms with Gasteiger partial charge in [-0.3, -0.25) is 15.5 Å². The molecule has 1 aromatic carbocycles. The van der Waals surface area contributed by atoms with Gasteiger partial charge >= 0.3 is 0 Å². The summed E-state index contributed by atoms with van der Waals surface area (Å²) >= 11 is 11.6. The van der Waals surface area contributed by atoms with E-state index in [0.717, 1.165) is 0 Å². The molecule has 1 heterocycles. The maximum Gasteiger partial charge on any atom is 0.269 e. The molecule has 0 aliphatic rings. The van der Waals surface area contributed by atoms with E-state index >= 15 is 0 Å².